The van der Waals surface area contributed by atoms with Gasteiger partial charge in [0, 0.05) is 30.5 Å². The van der Waals surface area contributed by atoms with E-state index in [1.54, 1.807) is 7.11 Å². The fourth-order valence-corrected chi connectivity index (χ4v) is 6.70. The molecule has 1 fully saturated rings. The van der Waals surface area contributed by atoms with Crippen LogP contribution in [0.5, 0.6) is 0 Å². The molecule has 5 rings (SSSR count). The minimum absolute atomic E-state index is 0.0163. The molecule has 190 valence electrons. The minimum Gasteiger partial charge on any atom is -0.376 e. The normalized spacial score (nSPS) is 24.2. The van der Waals surface area contributed by atoms with Crippen LogP contribution in [-0.2, 0) is 38.3 Å². The van der Waals surface area contributed by atoms with Crippen LogP contribution in [0.3, 0.4) is 0 Å². The number of halogens is 1. The number of methoxy groups -OCH3 is 1. The highest BCUT2D eigenvalue weighted by atomic mass is 35.5. The zero-order valence-corrected chi connectivity index (χ0v) is 22.1. The molecule has 0 amide bonds. The van der Waals surface area contributed by atoms with Crippen molar-refractivity contribution in [1.82, 2.24) is 5.32 Å². The van der Waals surface area contributed by atoms with Crippen LogP contribution in [-0.4, -0.2) is 34.1 Å². The van der Waals surface area contributed by atoms with E-state index in [2.05, 4.69) is 35.6 Å². The quantitative estimate of drug-likeness (QED) is 0.397. The van der Waals surface area contributed by atoms with E-state index in [1.165, 1.54) is 22.3 Å². The van der Waals surface area contributed by atoms with E-state index >= 15 is 0 Å². The molecule has 0 saturated carbocycles. The van der Waals surface area contributed by atoms with Crippen molar-refractivity contribution in [3.05, 3.63) is 106 Å². The van der Waals surface area contributed by atoms with Crippen molar-refractivity contribution in [3.8, 4) is 0 Å². The predicted molar refractivity (Wildman–Crippen MR) is 143 cm³/mol. The van der Waals surface area contributed by atoms with Gasteiger partial charge in [-0.3, -0.25) is 9.50 Å². The summed E-state index contributed by atoms with van der Waals surface area (Å²) in [5.74, 6) is 0.283. The molecule has 1 aliphatic carbocycles. The van der Waals surface area contributed by atoms with E-state index in [1.807, 2.05) is 42.5 Å². The Labute approximate surface area is 218 Å². The summed E-state index contributed by atoms with van der Waals surface area (Å²) in [5, 5.41) is 4.22. The van der Waals surface area contributed by atoms with Gasteiger partial charge in [-0.05, 0) is 65.1 Å². The second-order valence-corrected chi connectivity index (χ2v) is 12.0. The van der Waals surface area contributed by atoms with Gasteiger partial charge in [0.05, 0.1) is 12.4 Å². The van der Waals surface area contributed by atoms with Crippen LogP contribution in [0.4, 0.5) is 0 Å². The molecule has 36 heavy (non-hydrogen) atoms. The molecule has 3 aromatic carbocycles. The Hall–Kier alpha value is -2.22. The highest BCUT2D eigenvalue weighted by Crippen LogP contribution is 2.46. The molecule has 5 nitrogen and oxygen atoms in total. The van der Waals surface area contributed by atoms with Gasteiger partial charge in [0.15, 0.2) is 0 Å². The fraction of sp³-hybridized carbons (Fsp3) is 0.379. The number of fused-ring (bicyclic) bond motifs is 3. The Morgan fingerprint density at radius 1 is 1.03 bits per heavy atom. The van der Waals surface area contributed by atoms with E-state index < -0.39 is 16.3 Å². The topological polar surface area (TPSA) is 64.6 Å². The third-order valence-electron chi connectivity index (χ3n) is 7.50. The molecule has 1 heterocycles. The van der Waals surface area contributed by atoms with Crippen molar-refractivity contribution in [3.63, 3.8) is 0 Å². The Bertz CT molecular complexity index is 1310. The lowest BCUT2D eigenvalue weighted by molar-refractivity contribution is 0.103. The largest absolute Gasteiger partial charge is 0.376 e. The number of benzene rings is 3. The van der Waals surface area contributed by atoms with E-state index in [0.717, 1.165) is 37.5 Å². The number of nitrogens with one attached hydrogen (secondary N) is 1. The van der Waals surface area contributed by atoms with E-state index in [-0.39, 0.29) is 18.1 Å². The number of rotatable bonds is 8. The first-order valence-electron chi connectivity index (χ1n) is 12.4. The molecule has 3 aromatic rings. The summed E-state index contributed by atoms with van der Waals surface area (Å²) in [7, 11) is -1.89. The third-order valence-corrected chi connectivity index (χ3v) is 8.29. The van der Waals surface area contributed by atoms with Gasteiger partial charge in [-0.2, -0.15) is 8.42 Å². The minimum atomic E-state index is -3.61. The Morgan fingerprint density at radius 3 is 2.56 bits per heavy atom. The van der Waals surface area contributed by atoms with E-state index in [0.29, 0.717) is 10.9 Å². The smallest absolute Gasteiger partial charge is 0.265 e. The molecule has 2 aliphatic rings. The third kappa shape index (κ3) is 5.68. The molecule has 0 bridgehead atoms. The van der Waals surface area contributed by atoms with Gasteiger partial charge in [0.25, 0.3) is 10.1 Å². The predicted octanol–water partition coefficient (Wildman–Crippen LogP) is 5.43. The molecule has 0 aromatic heterocycles. The lowest BCUT2D eigenvalue weighted by atomic mass is 9.72. The zero-order chi connectivity index (χ0) is 25.3. The lowest BCUT2D eigenvalue weighted by Gasteiger charge is -2.32. The molecule has 1 saturated heterocycles. The summed E-state index contributed by atoms with van der Waals surface area (Å²) >= 11 is 6.20. The summed E-state index contributed by atoms with van der Waals surface area (Å²) in [6.45, 7) is 0. The molecule has 7 heteroatoms. The second-order valence-electron chi connectivity index (χ2n) is 9.93. The van der Waals surface area contributed by atoms with Crippen molar-refractivity contribution in [2.45, 2.75) is 50.0 Å². The Balaban J connectivity index is 1.41. The zero-order valence-electron chi connectivity index (χ0n) is 20.6. The molecule has 5 atom stereocenters. The van der Waals surface area contributed by atoms with E-state index in [9.17, 15) is 8.42 Å². The number of aryl methyl sites for hydroxylation is 1. The van der Waals surface area contributed by atoms with Gasteiger partial charge in [0.2, 0.25) is 0 Å². The first-order chi connectivity index (χ1) is 17.3. The highest BCUT2D eigenvalue weighted by Gasteiger charge is 2.47. The van der Waals surface area contributed by atoms with Gasteiger partial charge in [0.1, 0.15) is 6.23 Å². The first-order valence-corrected chi connectivity index (χ1v) is 14.6. The second kappa shape index (κ2) is 10.6. The van der Waals surface area contributed by atoms with Gasteiger partial charge in [-0.15, -0.1) is 0 Å². The summed E-state index contributed by atoms with van der Waals surface area (Å²) in [5.41, 5.74) is 5.92. The van der Waals surface area contributed by atoms with Crippen molar-refractivity contribution < 1.29 is 17.3 Å². The Kier molecular flexibility index (Phi) is 7.52. The SMILES string of the molecule is COC(Cc1ccc2c(c1)CCC1C(Cc3ccccc3)NC(OS(C)(=O)=O)C21)c1cccc(Cl)c1. The van der Waals surface area contributed by atoms with Crippen molar-refractivity contribution in [1.29, 1.82) is 0 Å². The lowest BCUT2D eigenvalue weighted by Crippen LogP contribution is -2.36. The molecular weight excluding hydrogens is 494 g/mol. The van der Waals surface area contributed by atoms with Crippen LogP contribution >= 0.6 is 11.6 Å². The van der Waals surface area contributed by atoms with Crippen molar-refractivity contribution >= 4 is 21.7 Å². The van der Waals surface area contributed by atoms with Crippen LogP contribution < -0.4 is 5.32 Å². The maximum absolute atomic E-state index is 12.1. The van der Waals surface area contributed by atoms with Gasteiger partial charge in [-0.25, -0.2) is 0 Å². The fourth-order valence-electron chi connectivity index (χ4n) is 5.95. The molecule has 0 spiro atoms. The van der Waals surface area contributed by atoms with Crippen LogP contribution in [0.2, 0.25) is 5.02 Å². The maximum atomic E-state index is 12.1. The molecule has 5 unspecified atom stereocenters. The summed E-state index contributed by atoms with van der Waals surface area (Å²) < 4.78 is 35.6. The first kappa shape index (κ1) is 25.4. The van der Waals surface area contributed by atoms with Crippen LogP contribution in [0, 0.1) is 5.92 Å². The van der Waals surface area contributed by atoms with Gasteiger partial charge in [-0.1, -0.05) is 72.3 Å². The summed E-state index contributed by atoms with van der Waals surface area (Å²) in [6.07, 6.45) is 3.98. The standard InChI is InChI=1S/C29H32ClNO4S/c1-34-27(22-9-6-10-23(30)18-22)17-20-11-13-24-21(15-20)12-14-25-26(16-19-7-4-3-5-8-19)31-29(28(24)25)35-36(2,32)33/h3-11,13,15,18,25-29,31H,12,14,16-17H2,1-2H3. The highest BCUT2D eigenvalue weighted by molar-refractivity contribution is 7.86. The Morgan fingerprint density at radius 2 is 1.83 bits per heavy atom. The van der Waals surface area contributed by atoms with E-state index in [4.69, 9.17) is 20.5 Å². The average Bonchev–Trinajstić information content (AvgIpc) is 3.18. The average molecular weight is 526 g/mol. The molecule has 0 radical (unpaired) electrons. The number of hydrogen-bond acceptors (Lipinski definition) is 5. The number of hydrogen-bond donors (Lipinski definition) is 1. The van der Waals surface area contributed by atoms with Crippen LogP contribution in [0.25, 0.3) is 0 Å². The molecule has 1 N–H and O–H groups in total. The number of ether oxygens (including phenoxy) is 1. The van der Waals surface area contributed by atoms with Crippen LogP contribution in [0.1, 0.15) is 46.3 Å². The van der Waals surface area contributed by atoms with Crippen molar-refractivity contribution in [2.75, 3.05) is 13.4 Å². The van der Waals surface area contributed by atoms with Crippen molar-refractivity contribution in [2.24, 2.45) is 5.92 Å². The monoisotopic (exact) mass is 525 g/mol. The van der Waals surface area contributed by atoms with Gasteiger partial charge < -0.3 is 4.74 Å². The molecule has 1 aliphatic heterocycles. The van der Waals surface area contributed by atoms with Crippen LogP contribution in [0.15, 0.2) is 72.8 Å². The molecular formula is C29H32ClNO4S. The maximum Gasteiger partial charge on any atom is 0.265 e. The van der Waals surface area contributed by atoms with Gasteiger partial charge >= 0.3 is 0 Å². The summed E-state index contributed by atoms with van der Waals surface area (Å²) in [6, 6.07) is 24.8. The summed E-state index contributed by atoms with van der Waals surface area (Å²) in [4.78, 5) is 0.